The highest BCUT2D eigenvalue weighted by molar-refractivity contribution is 5.94. The average molecular weight is 203 g/mol. The molecule has 0 radical (unpaired) electrons. The molecule has 0 amide bonds. The molecule has 0 aromatic rings. The van der Waals surface area contributed by atoms with Gasteiger partial charge in [0.05, 0.1) is 7.11 Å². The lowest BCUT2D eigenvalue weighted by Crippen LogP contribution is -2.42. The number of aliphatic carboxylic acids is 1. The molecule has 3 N–H and O–H groups in total. The smallest absolute Gasteiger partial charge is 0.321 e. The van der Waals surface area contributed by atoms with Crippen molar-refractivity contribution < 1.29 is 19.4 Å². The molecule has 5 heteroatoms. The number of rotatable bonds is 5. The van der Waals surface area contributed by atoms with Gasteiger partial charge in [-0.3, -0.25) is 9.59 Å². The molecule has 0 fully saturated rings. The van der Waals surface area contributed by atoms with Crippen molar-refractivity contribution in [2.24, 2.45) is 17.6 Å². The van der Waals surface area contributed by atoms with Gasteiger partial charge < -0.3 is 15.6 Å². The van der Waals surface area contributed by atoms with Crippen molar-refractivity contribution in [3.63, 3.8) is 0 Å². The summed E-state index contributed by atoms with van der Waals surface area (Å²) in [4.78, 5) is 21.8. The van der Waals surface area contributed by atoms with Crippen molar-refractivity contribution in [2.45, 2.75) is 26.3 Å². The first-order valence-corrected chi connectivity index (χ1v) is 4.46. The van der Waals surface area contributed by atoms with Gasteiger partial charge in [0.15, 0.2) is 5.92 Å². The lowest BCUT2D eigenvalue weighted by molar-refractivity contribution is -0.157. The second-order valence-corrected chi connectivity index (χ2v) is 3.63. The topological polar surface area (TPSA) is 89.6 Å². The van der Waals surface area contributed by atoms with Crippen LogP contribution in [0.2, 0.25) is 0 Å². The summed E-state index contributed by atoms with van der Waals surface area (Å²) in [5, 5.41) is 8.78. The first-order chi connectivity index (χ1) is 6.40. The molecular formula is C9H17NO4. The second kappa shape index (κ2) is 5.59. The molecule has 2 unspecified atom stereocenters. The largest absolute Gasteiger partial charge is 0.481 e. The van der Waals surface area contributed by atoms with E-state index in [0.29, 0.717) is 6.42 Å². The van der Waals surface area contributed by atoms with Crippen molar-refractivity contribution >= 4 is 11.9 Å². The van der Waals surface area contributed by atoms with E-state index < -0.39 is 23.9 Å². The molecule has 5 nitrogen and oxygen atoms in total. The van der Waals surface area contributed by atoms with E-state index >= 15 is 0 Å². The zero-order valence-corrected chi connectivity index (χ0v) is 8.69. The predicted molar refractivity (Wildman–Crippen MR) is 50.6 cm³/mol. The lowest BCUT2D eigenvalue weighted by atomic mass is 9.93. The monoisotopic (exact) mass is 203 g/mol. The van der Waals surface area contributed by atoms with Crippen molar-refractivity contribution in [2.75, 3.05) is 7.11 Å². The van der Waals surface area contributed by atoms with Gasteiger partial charge >= 0.3 is 11.9 Å². The van der Waals surface area contributed by atoms with Crippen LogP contribution in [0.3, 0.4) is 0 Å². The Hall–Kier alpha value is -1.10. The van der Waals surface area contributed by atoms with E-state index in [1.54, 1.807) is 0 Å². The molecule has 0 aliphatic rings. The summed E-state index contributed by atoms with van der Waals surface area (Å²) < 4.78 is 4.38. The quantitative estimate of drug-likeness (QED) is 0.493. The number of hydrogen-bond acceptors (Lipinski definition) is 4. The number of carbonyl (C=O) groups excluding carboxylic acids is 1. The van der Waals surface area contributed by atoms with Crippen LogP contribution in [-0.2, 0) is 14.3 Å². The summed E-state index contributed by atoms with van der Waals surface area (Å²) in [5.74, 6) is -3.03. The van der Waals surface area contributed by atoms with Crippen LogP contribution < -0.4 is 5.73 Å². The molecule has 14 heavy (non-hydrogen) atoms. The molecule has 0 bridgehead atoms. The Kier molecular flexibility index (Phi) is 5.15. The molecule has 0 saturated carbocycles. The second-order valence-electron chi connectivity index (χ2n) is 3.63. The molecule has 0 aliphatic heterocycles. The van der Waals surface area contributed by atoms with Gasteiger partial charge in [0, 0.05) is 6.04 Å². The summed E-state index contributed by atoms with van der Waals surface area (Å²) in [6.45, 7) is 3.83. The first-order valence-electron chi connectivity index (χ1n) is 4.46. The summed E-state index contributed by atoms with van der Waals surface area (Å²) >= 11 is 0. The van der Waals surface area contributed by atoms with E-state index in [4.69, 9.17) is 10.8 Å². The normalized spacial score (nSPS) is 14.9. The molecule has 82 valence electrons. The van der Waals surface area contributed by atoms with Crippen LogP contribution in [0.5, 0.6) is 0 Å². The van der Waals surface area contributed by atoms with E-state index in [1.165, 1.54) is 0 Å². The van der Waals surface area contributed by atoms with Crippen molar-refractivity contribution in [3.05, 3.63) is 0 Å². The Morgan fingerprint density at radius 3 is 2.21 bits per heavy atom. The number of ether oxygens (including phenoxy) is 1. The minimum absolute atomic E-state index is 0.247. The van der Waals surface area contributed by atoms with E-state index in [0.717, 1.165) is 7.11 Å². The maximum absolute atomic E-state index is 11.1. The zero-order valence-electron chi connectivity index (χ0n) is 8.69. The fourth-order valence-corrected chi connectivity index (χ4v) is 1.27. The molecule has 0 rings (SSSR count). The number of carbonyl (C=O) groups is 2. The number of esters is 1. The molecule has 0 saturated heterocycles. The van der Waals surface area contributed by atoms with Gasteiger partial charge in [-0.05, 0) is 12.3 Å². The molecule has 0 heterocycles. The minimum atomic E-state index is -1.26. The Morgan fingerprint density at radius 2 is 1.93 bits per heavy atom. The predicted octanol–water partition coefficient (Wildman–Crippen LogP) is 0.234. The highest BCUT2D eigenvalue weighted by Gasteiger charge is 2.33. The number of carboxylic acid groups (broad SMARTS) is 1. The lowest BCUT2D eigenvalue weighted by Gasteiger charge is -2.19. The zero-order chi connectivity index (χ0) is 11.3. The fraction of sp³-hybridized carbons (Fsp3) is 0.778. The van der Waals surface area contributed by atoms with Gasteiger partial charge in [-0.1, -0.05) is 13.8 Å². The Bertz CT molecular complexity index is 215. The van der Waals surface area contributed by atoms with E-state index in [9.17, 15) is 9.59 Å². The molecule has 0 aromatic carbocycles. The van der Waals surface area contributed by atoms with Crippen LogP contribution in [0.1, 0.15) is 20.3 Å². The molecule has 0 spiro atoms. The fourth-order valence-electron chi connectivity index (χ4n) is 1.27. The van der Waals surface area contributed by atoms with Gasteiger partial charge in [0.1, 0.15) is 0 Å². The summed E-state index contributed by atoms with van der Waals surface area (Å²) in [5.41, 5.74) is 5.61. The molecule has 2 atom stereocenters. The van der Waals surface area contributed by atoms with Crippen molar-refractivity contribution in [1.82, 2.24) is 0 Å². The Balaban J connectivity index is 4.49. The number of nitrogens with two attached hydrogens (primary N) is 1. The van der Waals surface area contributed by atoms with Crippen LogP contribution >= 0.6 is 0 Å². The van der Waals surface area contributed by atoms with Crippen molar-refractivity contribution in [3.8, 4) is 0 Å². The number of hydrogen-bond donors (Lipinski definition) is 2. The van der Waals surface area contributed by atoms with Gasteiger partial charge in [0.2, 0.25) is 0 Å². The van der Waals surface area contributed by atoms with E-state index in [1.807, 2.05) is 13.8 Å². The van der Waals surface area contributed by atoms with Crippen LogP contribution in [0.4, 0.5) is 0 Å². The van der Waals surface area contributed by atoms with Gasteiger partial charge in [-0.15, -0.1) is 0 Å². The standard InChI is InChI=1S/C9H17NO4/c1-5(2)4-6(10)7(8(11)12)9(13)14-3/h5-7H,4,10H2,1-3H3,(H,11,12). The SMILES string of the molecule is COC(=O)C(C(=O)O)C(N)CC(C)C. The molecule has 0 aliphatic carbocycles. The number of methoxy groups -OCH3 is 1. The molecular weight excluding hydrogens is 186 g/mol. The van der Waals surface area contributed by atoms with Crippen molar-refractivity contribution in [1.29, 1.82) is 0 Å². The van der Waals surface area contributed by atoms with Crippen LogP contribution in [0.15, 0.2) is 0 Å². The Labute approximate surface area is 83.2 Å². The maximum Gasteiger partial charge on any atom is 0.321 e. The van der Waals surface area contributed by atoms with Gasteiger partial charge in [-0.2, -0.15) is 0 Å². The summed E-state index contributed by atoms with van der Waals surface area (Å²) in [6, 6.07) is -0.694. The highest BCUT2D eigenvalue weighted by Crippen LogP contribution is 2.13. The third-order valence-corrected chi connectivity index (χ3v) is 1.89. The third kappa shape index (κ3) is 3.74. The third-order valence-electron chi connectivity index (χ3n) is 1.89. The van der Waals surface area contributed by atoms with Gasteiger partial charge in [0.25, 0.3) is 0 Å². The number of carboxylic acids is 1. The minimum Gasteiger partial charge on any atom is -0.481 e. The summed E-state index contributed by atoms with van der Waals surface area (Å²) in [7, 11) is 1.15. The Morgan fingerprint density at radius 1 is 1.43 bits per heavy atom. The van der Waals surface area contributed by atoms with E-state index in [-0.39, 0.29) is 5.92 Å². The van der Waals surface area contributed by atoms with Crippen LogP contribution in [-0.4, -0.2) is 30.2 Å². The average Bonchev–Trinajstić information content (AvgIpc) is 2.01. The van der Waals surface area contributed by atoms with Crippen LogP contribution in [0, 0.1) is 11.8 Å². The summed E-state index contributed by atoms with van der Waals surface area (Å²) in [6.07, 6.45) is 0.478. The first kappa shape index (κ1) is 12.9. The maximum atomic E-state index is 11.1. The molecule has 0 aromatic heterocycles. The highest BCUT2D eigenvalue weighted by atomic mass is 16.5. The van der Waals surface area contributed by atoms with E-state index in [2.05, 4.69) is 4.74 Å². The van der Waals surface area contributed by atoms with Gasteiger partial charge in [-0.25, -0.2) is 0 Å². The van der Waals surface area contributed by atoms with Crippen LogP contribution in [0.25, 0.3) is 0 Å².